The van der Waals surface area contributed by atoms with Crippen molar-refractivity contribution in [2.75, 3.05) is 31.1 Å². The number of hydrogen-bond donors (Lipinski definition) is 1. The van der Waals surface area contributed by atoms with E-state index >= 15 is 0 Å². The molecule has 8 nitrogen and oxygen atoms in total. The van der Waals surface area contributed by atoms with E-state index in [1.807, 2.05) is 0 Å². The average molecular weight is 393 g/mol. The molecule has 152 valence electrons. The number of rotatable bonds is 6. The lowest BCUT2D eigenvalue weighted by molar-refractivity contribution is -0.142. The molecule has 0 aromatic carbocycles. The minimum absolute atomic E-state index is 0.0169. The number of piperidine rings is 1. The highest BCUT2D eigenvalue weighted by molar-refractivity contribution is 5.91. The maximum absolute atomic E-state index is 14.8. The number of aromatic nitrogens is 1. The first kappa shape index (κ1) is 20.0. The van der Waals surface area contributed by atoms with Crippen molar-refractivity contribution in [3.8, 4) is 0 Å². The summed E-state index contributed by atoms with van der Waals surface area (Å²) in [5.41, 5.74) is 0.314. The van der Waals surface area contributed by atoms with Crippen LogP contribution in [0.2, 0.25) is 0 Å². The minimum Gasteiger partial charge on any atom is -0.481 e. The second-order valence-electron chi connectivity index (χ2n) is 7.03. The van der Waals surface area contributed by atoms with Crippen molar-refractivity contribution in [1.82, 2.24) is 9.88 Å². The number of likely N-dealkylation sites (tertiary alicyclic amines) is 1. The highest BCUT2D eigenvalue weighted by Gasteiger charge is 2.29. The first-order valence-electron chi connectivity index (χ1n) is 9.52. The largest absolute Gasteiger partial charge is 0.481 e. The van der Waals surface area contributed by atoms with Gasteiger partial charge in [0.2, 0.25) is 5.91 Å². The van der Waals surface area contributed by atoms with Gasteiger partial charge in [-0.05, 0) is 32.3 Å². The Balaban J connectivity index is 1.89. The standard InChI is InChI=1S/C19H24FN3O5/c1-2-28-19(27)13-10-14(20)17(22-8-5-12(6-9-22)18(25)26)21-15(13)11-23-7-3-4-16(23)24/h10,12H,2-9,11H2,1H3,(H,25,26). The predicted octanol–water partition coefficient (Wildman–Crippen LogP) is 1.82. The molecule has 0 unspecified atom stereocenters. The van der Waals surface area contributed by atoms with Gasteiger partial charge >= 0.3 is 11.9 Å². The molecular formula is C19H24FN3O5. The summed E-state index contributed by atoms with van der Waals surface area (Å²) in [4.78, 5) is 43.0. The van der Waals surface area contributed by atoms with Crippen LogP contribution in [0.15, 0.2) is 6.07 Å². The Hall–Kier alpha value is -2.71. The Kier molecular flexibility index (Phi) is 6.11. The van der Waals surface area contributed by atoms with Crippen LogP contribution in [0.4, 0.5) is 10.2 Å². The van der Waals surface area contributed by atoms with Gasteiger partial charge in [-0.2, -0.15) is 0 Å². The maximum atomic E-state index is 14.8. The maximum Gasteiger partial charge on any atom is 0.340 e. The number of carbonyl (C=O) groups excluding carboxylic acids is 2. The van der Waals surface area contributed by atoms with Crippen molar-refractivity contribution in [3.63, 3.8) is 0 Å². The van der Waals surface area contributed by atoms with Gasteiger partial charge in [-0.1, -0.05) is 0 Å². The van der Waals surface area contributed by atoms with Crippen LogP contribution in [0.3, 0.4) is 0 Å². The van der Waals surface area contributed by atoms with Gasteiger partial charge in [0.1, 0.15) is 0 Å². The molecule has 0 spiro atoms. The number of nitrogens with zero attached hydrogens (tertiary/aromatic N) is 3. The van der Waals surface area contributed by atoms with Crippen LogP contribution in [-0.2, 0) is 20.9 Å². The third-order valence-corrected chi connectivity index (χ3v) is 5.19. The summed E-state index contributed by atoms with van der Waals surface area (Å²) in [6, 6.07) is 1.11. The van der Waals surface area contributed by atoms with E-state index < -0.39 is 23.7 Å². The molecule has 3 heterocycles. The lowest BCUT2D eigenvalue weighted by atomic mass is 9.97. The molecule has 1 aromatic heterocycles. The van der Waals surface area contributed by atoms with Crippen molar-refractivity contribution < 1.29 is 28.6 Å². The van der Waals surface area contributed by atoms with E-state index in [2.05, 4.69) is 4.98 Å². The fraction of sp³-hybridized carbons (Fsp3) is 0.579. The Morgan fingerprint density at radius 2 is 2.04 bits per heavy atom. The van der Waals surface area contributed by atoms with Gasteiger partial charge in [0.25, 0.3) is 0 Å². The Bertz CT molecular complexity index is 777. The number of pyridine rings is 1. The van der Waals surface area contributed by atoms with Crippen LogP contribution in [-0.4, -0.2) is 59.1 Å². The number of esters is 1. The average Bonchev–Trinajstić information content (AvgIpc) is 3.07. The van der Waals surface area contributed by atoms with Crippen LogP contribution < -0.4 is 4.90 Å². The number of carbonyl (C=O) groups is 3. The fourth-order valence-corrected chi connectivity index (χ4v) is 3.63. The topological polar surface area (TPSA) is 100 Å². The number of carboxylic acids is 1. The lowest BCUT2D eigenvalue weighted by Gasteiger charge is -2.31. The predicted molar refractivity (Wildman–Crippen MR) is 97.4 cm³/mol. The highest BCUT2D eigenvalue weighted by Crippen LogP contribution is 2.27. The monoisotopic (exact) mass is 393 g/mol. The summed E-state index contributed by atoms with van der Waals surface area (Å²) in [6.45, 7) is 3.22. The Labute approximate surface area is 162 Å². The zero-order valence-electron chi connectivity index (χ0n) is 15.8. The lowest BCUT2D eigenvalue weighted by Crippen LogP contribution is -2.37. The van der Waals surface area contributed by atoms with E-state index in [0.717, 1.165) is 12.5 Å². The van der Waals surface area contributed by atoms with Crippen LogP contribution >= 0.6 is 0 Å². The molecule has 2 aliphatic heterocycles. The first-order valence-corrected chi connectivity index (χ1v) is 9.52. The second-order valence-corrected chi connectivity index (χ2v) is 7.03. The molecular weight excluding hydrogens is 369 g/mol. The van der Waals surface area contributed by atoms with E-state index in [9.17, 15) is 18.8 Å². The highest BCUT2D eigenvalue weighted by atomic mass is 19.1. The molecule has 1 N–H and O–H groups in total. The van der Waals surface area contributed by atoms with E-state index in [1.54, 1.807) is 16.7 Å². The van der Waals surface area contributed by atoms with Gasteiger partial charge in [-0.3, -0.25) is 9.59 Å². The molecule has 0 radical (unpaired) electrons. The van der Waals surface area contributed by atoms with Crippen molar-refractivity contribution in [2.24, 2.45) is 5.92 Å². The van der Waals surface area contributed by atoms with Crippen molar-refractivity contribution >= 4 is 23.7 Å². The first-order chi connectivity index (χ1) is 13.4. The Morgan fingerprint density at radius 3 is 2.61 bits per heavy atom. The van der Waals surface area contributed by atoms with E-state index in [1.165, 1.54) is 0 Å². The number of halogens is 1. The van der Waals surface area contributed by atoms with Crippen LogP contribution in [0.5, 0.6) is 0 Å². The number of aliphatic carboxylic acids is 1. The molecule has 3 rings (SSSR count). The van der Waals surface area contributed by atoms with Crippen LogP contribution in [0.1, 0.15) is 48.7 Å². The van der Waals surface area contributed by atoms with Crippen LogP contribution in [0.25, 0.3) is 0 Å². The zero-order chi connectivity index (χ0) is 20.3. The third-order valence-electron chi connectivity index (χ3n) is 5.19. The molecule has 28 heavy (non-hydrogen) atoms. The summed E-state index contributed by atoms with van der Waals surface area (Å²) in [5.74, 6) is -2.57. The molecule has 2 fully saturated rings. The molecule has 9 heteroatoms. The number of anilines is 1. The van der Waals surface area contributed by atoms with E-state index in [4.69, 9.17) is 9.84 Å². The fourth-order valence-electron chi connectivity index (χ4n) is 3.63. The second kappa shape index (κ2) is 8.53. The molecule has 0 atom stereocenters. The van der Waals surface area contributed by atoms with Crippen molar-refractivity contribution in [1.29, 1.82) is 0 Å². The van der Waals surface area contributed by atoms with Gasteiger partial charge in [0.15, 0.2) is 11.6 Å². The summed E-state index contributed by atoms with van der Waals surface area (Å²) in [6.07, 6.45) is 1.99. The quantitative estimate of drug-likeness (QED) is 0.736. The van der Waals surface area contributed by atoms with E-state index in [0.29, 0.717) is 44.6 Å². The number of ether oxygens (including phenoxy) is 1. The van der Waals surface area contributed by atoms with Gasteiger partial charge in [0.05, 0.1) is 30.3 Å². The van der Waals surface area contributed by atoms with Gasteiger partial charge in [-0.15, -0.1) is 0 Å². The summed E-state index contributed by atoms with van der Waals surface area (Å²) < 4.78 is 19.8. The van der Waals surface area contributed by atoms with Gasteiger partial charge in [-0.25, -0.2) is 14.2 Å². The minimum atomic E-state index is -0.848. The SMILES string of the molecule is CCOC(=O)c1cc(F)c(N2CCC(C(=O)O)CC2)nc1CN1CCCC1=O. The molecule has 0 saturated carbocycles. The molecule has 1 amide bonds. The molecule has 0 aliphatic carbocycles. The number of hydrogen-bond acceptors (Lipinski definition) is 6. The molecule has 0 bridgehead atoms. The van der Waals surface area contributed by atoms with Crippen molar-refractivity contribution in [2.45, 2.75) is 39.2 Å². The molecule has 2 saturated heterocycles. The van der Waals surface area contributed by atoms with E-state index in [-0.39, 0.29) is 30.4 Å². The Morgan fingerprint density at radius 1 is 1.32 bits per heavy atom. The molecule has 1 aromatic rings. The summed E-state index contributed by atoms with van der Waals surface area (Å²) >= 11 is 0. The van der Waals surface area contributed by atoms with Gasteiger partial charge in [0, 0.05) is 26.1 Å². The van der Waals surface area contributed by atoms with Gasteiger partial charge < -0.3 is 19.6 Å². The van der Waals surface area contributed by atoms with Crippen LogP contribution in [0, 0.1) is 11.7 Å². The molecule has 2 aliphatic rings. The normalized spacial score (nSPS) is 17.9. The summed E-state index contributed by atoms with van der Waals surface area (Å²) in [5, 5.41) is 9.13. The summed E-state index contributed by atoms with van der Waals surface area (Å²) in [7, 11) is 0. The zero-order valence-corrected chi connectivity index (χ0v) is 15.8. The van der Waals surface area contributed by atoms with Crippen molar-refractivity contribution in [3.05, 3.63) is 23.1 Å². The number of carboxylic acid groups (broad SMARTS) is 1. The smallest absolute Gasteiger partial charge is 0.340 e. The number of amides is 1. The third kappa shape index (κ3) is 4.23.